The smallest absolute Gasteiger partial charge is 0.0527 e. The highest BCUT2D eigenvalue weighted by Crippen LogP contribution is 2.33. The summed E-state index contributed by atoms with van der Waals surface area (Å²) < 4.78 is 0. The van der Waals surface area contributed by atoms with Crippen molar-refractivity contribution in [1.29, 1.82) is 0 Å². The topological polar surface area (TPSA) is 24.4 Å². The summed E-state index contributed by atoms with van der Waals surface area (Å²) in [6, 6.07) is 0.692. The van der Waals surface area contributed by atoms with Gasteiger partial charge in [0.05, 0.1) is 6.04 Å². The van der Waals surface area contributed by atoms with Crippen LogP contribution in [0.3, 0.4) is 0 Å². The molecular weight excluding hydrogens is 208 g/mol. The highest BCUT2D eigenvalue weighted by atomic mass is 14.9. The third-order valence-corrected chi connectivity index (χ3v) is 5.01. The van der Waals surface area contributed by atoms with Crippen molar-refractivity contribution < 1.29 is 0 Å². The maximum Gasteiger partial charge on any atom is 0.0527 e. The van der Waals surface area contributed by atoms with Crippen molar-refractivity contribution in [3.05, 3.63) is 0 Å². The quantitative estimate of drug-likeness (QED) is 0.692. The first-order valence-electron chi connectivity index (χ1n) is 7.71. The first-order valence-corrected chi connectivity index (χ1v) is 7.71. The highest BCUT2D eigenvalue weighted by molar-refractivity contribution is 5.88. The predicted octanol–water partition coefficient (Wildman–Crippen LogP) is 3.17. The molecule has 3 rings (SSSR count). The van der Waals surface area contributed by atoms with E-state index in [4.69, 9.17) is 4.99 Å². The minimum Gasteiger partial charge on any atom is -0.316 e. The Morgan fingerprint density at radius 3 is 2.59 bits per heavy atom. The summed E-state index contributed by atoms with van der Waals surface area (Å²) in [7, 11) is 0. The number of piperidine rings is 1. The highest BCUT2D eigenvalue weighted by Gasteiger charge is 2.30. The minimum atomic E-state index is 0.692. The van der Waals surface area contributed by atoms with E-state index in [0.29, 0.717) is 6.04 Å². The lowest BCUT2D eigenvalue weighted by Crippen LogP contribution is -2.41. The Balaban J connectivity index is 1.67. The van der Waals surface area contributed by atoms with Gasteiger partial charge in [0.1, 0.15) is 0 Å². The fraction of sp³-hybridized carbons (Fsp3) is 0.933. The Morgan fingerprint density at radius 2 is 1.76 bits per heavy atom. The molecule has 0 bridgehead atoms. The maximum absolute atomic E-state index is 5.15. The number of nitrogens with one attached hydrogen (secondary N) is 1. The molecule has 0 amide bonds. The summed E-state index contributed by atoms with van der Waals surface area (Å²) >= 11 is 0. The molecule has 0 aromatic rings. The van der Waals surface area contributed by atoms with Crippen molar-refractivity contribution in [2.75, 3.05) is 13.1 Å². The molecule has 0 aromatic heterocycles. The van der Waals surface area contributed by atoms with Gasteiger partial charge >= 0.3 is 0 Å². The van der Waals surface area contributed by atoms with E-state index < -0.39 is 0 Å². The van der Waals surface area contributed by atoms with E-state index in [0.717, 1.165) is 18.4 Å². The van der Waals surface area contributed by atoms with Crippen LogP contribution in [-0.4, -0.2) is 24.8 Å². The Labute approximate surface area is 105 Å². The molecule has 2 unspecified atom stereocenters. The summed E-state index contributed by atoms with van der Waals surface area (Å²) in [4.78, 5) is 5.15. The van der Waals surface area contributed by atoms with Gasteiger partial charge in [0.15, 0.2) is 0 Å². The van der Waals surface area contributed by atoms with Gasteiger partial charge in [0.2, 0.25) is 0 Å². The fourth-order valence-electron chi connectivity index (χ4n) is 3.94. The van der Waals surface area contributed by atoms with E-state index in [1.165, 1.54) is 64.3 Å². The van der Waals surface area contributed by atoms with Crippen LogP contribution in [0.5, 0.6) is 0 Å². The van der Waals surface area contributed by atoms with Gasteiger partial charge in [-0.1, -0.05) is 25.7 Å². The number of nitrogens with zero attached hydrogens (tertiary/aromatic N) is 1. The lowest BCUT2D eigenvalue weighted by Gasteiger charge is -2.34. The van der Waals surface area contributed by atoms with Crippen molar-refractivity contribution >= 4 is 5.71 Å². The van der Waals surface area contributed by atoms with Crippen molar-refractivity contribution in [3.8, 4) is 0 Å². The largest absolute Gasteiger partial charge is 0.316 e. The van der Waals surface area contributed by atoms with E-state index in [-0.39, 0.29) is 0 Å². The van der Waals surface area contributed by atoms with Gasteiger partial charge in [-0.05, 0) is 38.0 Å². The molecule has 2 nitrogen and oxygen atoms in total. The van der Waals surface area contributed by atoms with Gasteiger partial charge < -0.3 is 5.32 Å². The van der Waals surface area contributed by atoms with Gasteiger partial charge in [0.25, 0.3) is 0 Å². The van der Waals surface area contributed by atoms with Gasteiger partial charge in [-0.25, -0.2) is 0 Å². The first-order chi connectivity index (χ1) is 8.43. The predicted molar refractivity (Wildman–Crippen MR) is 72.6 cm³/mol. The summed E-state index contributed by atoms with van der Waals surface area (Å²) in [5.41, 5.74) is 1.56. The third-order valence-electron chi connectivity index (χ3n) is 5.01. The van der Waals surface area contributed by atoms with Crippen LogP contribution < -0.4 is 5.32 Å². The summed E-state index contributed by atoms with van der Waals surface area (Å²) in [5, 5.41) is 3.51. The van der Waals surface area contributed by atoms with Crippen molar-refractivity contribution in [1.82, 2.24) is 5.32 Å². The van der Waals surface area contributed by atoms with Crippen LogP contribution in [0.1, 0.15) is 57.8 Å². The standard InChI is InChI=1S/C15H26N2/c1-2-4-6-12(5-3-1)14-8-7-13-11-16-10-9-15(13)17-14/h12-14,16H,1-11H2. The van der Waals surface area contributed by atoms with Crippen molar-refractivity contribution in [2.45, 2.75) is 63.8 Å². The molecule has 1 saturated heterocycles. The number of aliphatic imine (C=N–C) groups is 1. The van der Waals surface area contributed by atoms with Gasteiger partial charge in [0, 0.05) is 24.7 Å². The summed E-state index contributed by atoms with van der Waals surface area (Å²) in [6.45, 7) is 2.35. The minimum absolute atomic E-state index is 0.692. The monoisotopic (exact) mass is 234 g/mol. The second-order valence-electron chi connectivity index (χ2n) is 6.17. The number of hydrogen-bond donors (Lipinski definition) is 1. The number of hydrogen-bond acceptors (Lipinski definition) is 2. The molecule has 2 atom stereocenters. The Kier molecular flexibility index (Phi) is 3.80. The van der Waals surface area contributed by atoms with E-state index in [2.05, 4.69) is 5.32 Å². The van der Waals surface area contributed by atoms with Crippen LogP contribution in [0.25, 0.3) is 0 Å². The lowest BCUT2D eigenvalue weighted by molar-refractivity contribution is 0.322. The molecule has 0 radical (unpaired) electrons. The zero-order chi connectivity index (χ0) is 11.5. The van der Waals surface area contributed by atoms with Gasteiger partial charge in [-0.3, -0.25) is 4.99 Å². The molecule has 1 aliphatic carbocycles. The number of rotatable bonds is 1. The average Bonchev–Trinajstić information content (AvgIpc) is 2.67. The molecule has 0 spiro atoms. The first kappa shape index (κ1) is 11.7. The molecule has 1 saturated carbocycles. The molecule has 1 N–H and O–H groups in total. The Bertz CT molecular complexity index is 277. The van der Waals surface area contributed by atoms with Gasteiger partial charge in [-0.15, -0.1) is 0 Å². The second kappa shape index (κ2) is 5.51. The fourth-order valence-corrected chi connectivity index (χ4v) is 3.94. The molecule has 2 heteroatoms. The molecule has 2 fully saturated rings. The second-order valence-corrected chi connectivity index (χ2v) is 6.17. The van der Waals surface area contributed by atoms with Crippen LogP contribution in [0, 0.1) is 11.8 Å². The van der Waals surface area contributed by atoms with Crippen LogP contribution in [0.15, 0.2) is 4.99 Å². The van der Waals surface area contributed by atoms with E-state index in [9.17, 15) is 0 Å². The molecule has 17 heavy (non-hydrogen) atoms. The van der Waals surface area contributed by atoms with E-state index >= 15 is 0 Å². The average molecular weight is 234 g/mol. The zero-order valence-electron chi connectivity index (χ0n) is 11.0. The molecule has 3 aliphatic rings. The van der Waals surface area contributed by atoms with Crippen molar-refractivity contribution in [3.63, 3.8) is 0 Å². The van der Waals surface area contributed by atoms with Crippen LogP contribution >= 0.6 is 0 Å². The molecule has 0 aromatic carbocycles. The van der Waals surface area contributed by atoms with Crippen LogP contribution in [-0.2, 0) is 0 Å². The zero-order valence-corrected chi connectivity index (χ0v) is 11.0. The maximum atomic E-state index is 5.15. The van der Waals surface area contributed by atoms with Crippen LogP contribution in [0.2, 0.25) is 0 Å². The SMILES string of the molecule is C1CCCC(C2CCC3CNCCC3=N2)CC1. The Morgan fingerprint density at radius 1 is 0.941 bits per heavy atom. The van der Waals surface area contributed by atoms with Crippen molar-refractivity contribution in [2.24, 2.45) is 16.8 Å². The van der Waals surface area contributed by atoms with Crippen LogP contribution in [0.4, 0.5) is 0 Å². The third kappa shape index (κ3) is 2.73. The molecule has 2 heterocycles. The molecule has 2 aliphatic heterocycles. The molecule has 96 valence electrons. The number of fused-ring (bicyclic) bond motifs is 1. The Hall–Kier alpha value is -0.370. The normalized spacial score (nSPS) is 35.9. The van der Waals surface area contributed by atoms with Gasteiger partial charge in [-0.2, -0.15) is 0 Å². The van der Waals surface area contributed by atoms with E-state index in [1.807, 2.05) is 0 Å². The van der Waals surface area contributed by atoms with E-state index in [1.54, 1.807) is 5.71 Å². The lowest BCUT2D eigenvalue weighted by atomic mass is 9.81. The summed E-state index contributed by atoms with van der Waals surface area (Å²) in [5.74, 6) is 1.70. The molecular formula is C15H26N2. The summed E-state index contributed by atoms with van der Waals surface area (Å²) in [6.07, 6.45) is 12.7.